The fraction of sp³-hybridized carbons (Fsp3) is 0.882. The highest BCUT2D eigenvalue weighted by Crippen LogP contribution is 2.20. The van der Waals surface area contributed by atoms with Crippen molar-refractivity contribution in [1.29, 1.82) is 0 Å². The van der Waals surface area contributed by atoms with E-state index in [1.54, 1.807) is 7.05 Å². The first kappa shape index (κ1) is 21.1. The summed E-state index contributed by atoms with van der Waals surface area (Å²) in [4.78, 5) is 0. The van der Waals surface area contributed by atoms with Crippen LogP contribution < -0.4 is 0 Å². The minimum atomic E-state index is -3.07. The van der Waals surface area contributed by atoms with Crippen LogP contribution in [0.5, 0.6) is 0 Å². The largest absolute Gasteiger partial charge is 0.252 e. The van der Waals surface area contributed by atoms with E-state index in [1.807, 2.05) is 10.9 Å². The molecule has 1 aromatic rings. The van der Waals surface area contributed by atoms with Crippen LogP contribution in [0.3, 0.4) is 0 Å². The van der Waals surface area contributed by atoms with Crippen molar-refractivity contribution in [2.24, 2.45) is 11.3 Å². The fourth-order valence-corrected chi connectivity index (χ4v) is 3.06. The van der Waals surface area contributed by atoms with Gasteiger partial charge in [-0.15, -0.1) is 5.10 Å². The molecule has 0 aromatic carbocycles. The molecule has 24 heavy (non-hydrogen) atoms. The van der Waals surface area contributed by atoms with Gasteiger partial charge in [-0.05, 0) is 43.4 Å². The molecule has 1 atom stereocenters. The third-order valence-electron chi connectivity index (χ3n) is 4.19. The number of aryl methyl sites for hydroxylation is 1. The average Bonchev–Trinajstić information content (AvgIpc) is 2.83. The second-order valence-corrected chi connectivity index (χ2v) is 10.3. The minimum Gasteiger partial charge on any atom is -0.252 e. The number of hydrogen-bond acceptors (Lipinski definition) is 4. The van der Waals surface area contributed by atoms with Gasteiger partial charge in [-0.25, -0.2) is 12.7 Å². The highest BCUT2D eigenvalue weighted by Gasteiger charge is 2.13. The van der Waals surface area contributed by atoms with Gasteiger partial charge in [-0.2, -0.15) is 0 Å². The van der Waals surface area contributed by atoms with E-state index in [0.29, 0.717) is 17.9 Å². The molecular formula is C17H34N4O2S. The molecule has 0 radical (unpaired) electrons. The highest BCUT2D eigenvalue weighted by atomic mass is 32.2. The third-order valence-corrected chi connectivity index (χ3v) is 5.51. The molecule has 1 unspecified atom stereocenters. The summed E-state index contributed by atoms with van der Waals surface area (Å²) in [5.41, 5.74) is 1.38. The number of rotatable bonds is 10. The molecule has 0 fully saturated rings. The van der Waals surface area contributed by atoms with Crippen molar-refractivity contribution >= 4 is 10.0 Å². The van der Waals surface area contributed by atoms with Crippen molar-refractivity contribution in [3.05, 3.63) is 11.9 Å². The normalized spacial score (nSPS) is 14.3. The lowest BCUT2D eigenvalue weighted by molar-refractivity contribution is 0.347. The van der Waals surface area contributed by atoms with Crippen LogP contribution in [0.25, 0.3) is 0 Å². The first-order valence-corrected chi connectivity index (χ1v) is 10.6. The number of aromatic nitrogens is 3. The maximum atomic E-state index is 11.4. The Morgan fingerprint density at radius 3 is 2.54 bits per heavy atom. The summed E-state index contributed by atoms with van der Waals surface area (Å²) in [6.07, 6.45) is 8.31. The van der Waals surface area contributed by atoms with E-state index in [0.717, 1.165) is 37.9 Å². The van der Waals surface area contributed by atoms with Crippen molar-refractivity contribution in [1.82, 2.24) is 19.3 Å². The van der Waals surface area contributed by atoms with E-state index in [4.69, 9.17) is 0 Å². The summed E-state index contributed by atoms with van der Waals surface area (Å²) < 4.78 is 26.1. The van der Waals surface area contributed by atoms with Crippen LogP contribution in [0.1, 0.15) is 59.1 Å². The van der Waals surface area contributed by atoms with Crippen molar-refractivity contribution in [2.45, 2.75) is 66.3 Å². The highest BCUT2D eigenvalue weighted by molar-refractivity contribution is 7.88. The Hall–Kier alpha value is -0.950. The molecule has 0 saturated heterocycles. The van der Waals surface area contributed by atoms with Crippen LogP contribution in [0.4, 0.5) is 0 Å². The molecule has 0 aliphatic heterocycles. The lowest BCUT2D eigenvalue weighted by Gasteiger charge is -2.17. The zero-order valence-electron chi connectivity index (χ0n) is 16.1. The molecule has 0 saturated carbocycles. The topological polar surface area (TPSA) is 68.1 Å². The SMILES string of the molecule is CC(CCCN(C)S(C)(=O)=O)Cc1cn(CCCC(C)(C)C)nn1. The molecule has 1 heterocycles. The Kier molecular flexibility index (Phi) is 7.86. The molecule has 0 amide bonds. The van der Waals surface area contributed by atoms with Crippen LogP contribution in [-0.2, 0) is 23.0 Å². The van der Waals surface area contributed by atoms with Crippen molar-refractivity contribution in [3.63, 3.8) is 0 Å². The Labute approximate surface area is 147 Å². The average molecular weight is 359 g/mol. The van der Waals surface area contributed by atoms with E-state index in [2.05, 4.69) is 38.0 Å². The van der Waals surface area contributed by atoms with E-state index in [1.165, 1.54) is 17.0 Å². The zero-order valence-corrected chi connectivity index (χ0v) is 16.9. The van der Waals surface area contributed by atoms with Gasteiger partial charge in [0, 0.05) is 26.3 Å². The Morgan fingerprint density at radius 1 is 1.29 bits per heavy atom. The van der Waals surface area contributed by atoms with E-state index in [-0.39, 0.29) is 0 Å². The van der Waals surface area contributed by atoms with Gasteiger partial charge in [-0.1, -0.05) is 32.9 Å². The molecule has 0 N–H and O–H groups in total. The molecule has 1 rings (SSSR count). The van der Waals surface area contributed by atoms with Crippen molar-refractivity contribution in [3.8, 4) is 0 Å². The molecule has 140 valence electrons. The molecular weight excluding hydrogens is 324 g/mol. The molecule has 1 aromatic heterocycles. The van der Waals surface area contributed by atoms with Crippen molar-refractivity contribution < 1.29 is 8.42 Å². The number of sulfonamides is 1. The summed E-state index contributed by atoms with van der Waals surface area (Å²) in [6, 6.07) is 0. The maximum absolute atomic E-state index is 11.4. The molecule has 7 heteroatoms. The molecule has 0 aliphatic carbocycles. The first-order valence-electron chi connectivity index (χ1n) is 8.78. The smallest absolute Gasteiger partial charge is 0.210 e. The fourth-order valence-electron chi connectivity index (χ4n) is 2.60. The van der Waals surface area contributed by atoms with Gasteiger partial charge in [0.1, 0.15) is 0 Å². The van der Waals surface area contributed by atoms with Gasteiger partial charge in [0.25, 0.3) is 0 Å². The first-order chi connectivity index (χ1) is 11.0. The lowest BCUT2D eigenvalue weighted by atomic mass is 9.91. The third kappa shape index (κ3) is 8.78. The van der Waals surface area contributed by atoms with Gasteiger partial charge in [0.05, 0.1) is 11.9 Å². The van der Waals surface area contributed by atoms with Crippen LogP contribution in [0.2, 0.25) is 0 Å². The van der Waals surface area contributed by atoms with Crippen LogP contribution in [0.15, 0.2) is 6.20 Å². The van der Waals surface area contributed by atoms with Gasteiger partial charge in [0.2, 0.25) is 10.0 Å². The lowest BCUT2D eigenvalue weighted by Crippen LogP contribution is -2.26. The standard InChI is InChI=1S/C17H34N4O2S/c1-15(9-7-11-20(5)24(6,22)23)13-16-14-21(19-18-16)12-8-10-17(2,3)4/h14-15H,7-13H2,1-6H3. The monoisotopic (exact) mass is 358 g/mol. The second-order valence-electron chi connectivity index (χ2n) is 8.17. The second kappa shape index (κ2) is 8.94. The van der Waals surface area contributed by atoms with Gasteiger partial charge in [-0.3, -0.25) is 4.68 Å². The van der Waals surface area contributed by atoms with E-state index < -0.39 is 10.0 Å². The number of hydrogen-bond donors (Lipinski definition) is 0. The van der Waals surface area contributed by atoms with E-state index in [9.17, 15) is 8.42 Å². The summed E-state index contributed by atoms with van der Waals surface area (Å²) in [5.74, 6) is 0.470. The Balaban J connectivity index is 2.31. The minimum absolute atomic E-state index is 0.358. The molecule has 6 nitrogen and oxygen atoms in total. The predicted molar refractivity (Wildman–Crippen MR) is 98.3 cm³/mol. The maximum Gasteiger partial charge on any atom is 0.210 e. The summed E-state index contributed by atoms with van der Waals surface area (Å²) in [6.45, 7) is 10.4. The summed E-state index contributed by atoms with van der Waals surface area (Å²) in [7, 11) is -1.44. The molecule has 0 bridgehead atoms. The van der Waals surface area contributed by atoms with Gasteiger partial charge < -0.3 is 0 Å². The Bertz CT molecular complexity index is 590. The van der Waals surface area contributed by atoms with Crippen LogP contribution >= 0.6 is 0 Å². The van der Waals surface area contributed by atoms with Crippen LogP contribution in [0, 0.1) is 11.3 Å². The van der Waals surface area contributed by atoms with E-state index >= 15 is 0 Å². The predicted octanol–water partition coefficient (Wildman–Crippen LogP) is 2.95. The summed E-state index contributed by atoms with van der Waals surface area (Å²) >= 11 is 0. The van der Waals surface area contributed by atoms with Gasteiger partial charge >= 0.3 is 0 Å². The molecule has 0 aliphatic rings. The zero-order chi connectivity index (χ0) is 18.4. The quantitative estimate of drug-likeness (QED) is 0.645. The number of nitrogens with zero attached hydrogens (tertiary/aromatic N) is 4. The summed E-state index contributed by atoms with van der Waals surface area (Å²) in [5, 5.41) is 8.47. The Morgan fingerprint density at radius 2 is 1.96 bits per heavy atom. The van der Waals surface area contributed by atoms with Crippen molar-refractivity contribution in [2.75, 3.05) is 19.8 Å². The van der Waals surface area contributed by atoms with Gasteiger partial charge in [0.15, 0.2) is 0 Å². The van der Waals surface area contributed by atoms with Crippen LogP contribution in [-0.4, -0.2) is 47.6 Å². The molecule has 0 spiro atoms.